The van der Waals surface area contributed by atoms with E-state index in [1.165, 1.54) is 29.5 Å². The van der Waals surface area contributed by atoms with Crippen LogP contribution in [0.2, 0.25) is 5.02 Å². The lowest BCUT2D eigenvalue weighted by molar-refractivity contribution is 0.0697. The van der Waals surface area contributed by atoms with Gasteiger partial charge in [-0.15, -0.1) is 11.3 Å². The molecule has 0 unspecified atom stereocenters. The van der Waals surface area contributed by atoms with Crippen molar-refractivity contribution in [1.82, 2.24) is 5.32 Å². The highest BCUT2D eigenvalue weighted by atomic mass is 35.5. The summed E-state index contributed by atoms with van der Waals surface area (Å²) in [5, 5.41) is 24.3. The van der Waals surface area contributed by atoms with E-state index in [1.54, 1.807) is 6.07 Å². The molecule has 172 valence electrons. The molecule has 0 saturated heterocycles. The number of nitriles is 1. The van der Waals surface area contributed by atoms with Gasteiger partial charge in [-0.05, 0) is 37.1 Å². The van der Waals surface area contributed by atoms with Gasteiger partial charge in [-0.3, -0.25) is 9.59 Å². The molecule has 3 rings (SSSR count). The quantitative estimate of drug-likeness (QED) is 0.340. The van der Waals surface area contributed by atoms with E-state index in [2.05, 4.69) is 10.6 Å². The molecule has 1 aromatic heterocycles. The Bertz CT molecular complexity index is 1200. The third-order valence-corrected chi connectivity index (χ3v) is 6.18. The van der Waals surface area contributed by atoms with E-state index in [0.29, 0.717) is 30.8 Å². The van der Waals surface area contributed by atoms with E-state index in [-0.39, 0.29) is 21.7 Å². The summed E-state index contributed by atoms with van der Waals surface area (Å²) in [4.78, 5) is 37.1. The van der Waals surface area contributed by atoms with Crippen molar-refractivity contribution in [3.05, 3.63) is 63.5 Å². The van der Waals surface area contributed by atoms with Crippen molar-refractivity contribution in [2.45, 2.75) is 33.1 Å². The maximum absolute atomic E-state index is 12.8. The summed E-state index contributed by atoms with van der Waals surface area (Å²) in [5.74, 6) is -2.19. The first-order chi connectivity index (χ1) is 15.9. The minimum Gasteiger partial charge on any atom is -0.478 e. The first-order valence-corrected chi connectivity index (χ1v) is 11.6. The number of carbonyl (C=O) groups excluding carboxylic acids is 2. The van der Waals surface area contributed by atoms with Crippen molar-refractivity contribution in [2.75, 3.05) is 11.9 Å². The van der Waals surface area contributed by atoms with Crippen LogP contribution >= 0.6 is 22.9 Å². The van der Waals surface area contributed by atoms with Gasteiger partial charge in [-0.1, -0.05) is 43.6 Å². The number of unbranched alkanes of at least 4 members (excludes halogenated alkanes) is 2. The van der Waals surface area contributed by atoms with Gasteiger partial charge in [0.1, 0.15) is 4.88 Å². The predicted molar refractivity (Wildman–Crippen MR) is 131 cm³/mol. The molecule has 0 saturated carbocycles. The molecule has 0 aliphatic rings. The first kappa shape index (κ1) is 25.8. The van der Waals surface area contributed by atoms with E-state index in [4.69, 9.17) is 16.9 Å². The normalized spacial score (nSPS) is 10.0. The average molecular weight is 486 g/mol. The number of anilines is 1. The zero-order valence-electron chi connectivity index (χ0n) is 18.3. The van der Waals surface area contributed by atoms with Crippen LogP contribution in [0.1, 0.15) is 63.5 Å². The molecular formula is C24H24ClN3O4S. The number of halogens is 1. The largest absolute Gasteiger partial charge is 0.478 e. The lowest BCUT2D eigenvalue weighted by Crippen LogP contribution is -2.25. The highest BCUT2D eigenvalue weighted by Crippen LogP contribution is 2.35. The van der Waals surface area contributed by atoms with E-state index in [0.717, 1.165) is 10.1 Å². The van der Waals surface area contributed by atoms with Gasteiger partial charge in [0.2, 0.25) is 0 Å². The van der Waals surface area contributed by atoms with E-state index < -0.39 is 17.8 Å². The van der Waals surface area contributed by atoms with Crippen molar-refractivity contribution < 1.29 is 19.5 Å². The second kappa shape index (κ2) is 12.6. The van der Waals surface area contributed by atoms with Gasteiger partial charge in [0.15, 0.2) is 0 Å². The van der Waals surface area contributed by atoms with Crippen LogP contribution < -0.4 is 10.6 Å². The van der Waals surface area contributed by atoms with Crippen LogP contribution in [-0.4, -0.2) is 29.4 Å². The summed E-state index contributed by atoms with van der Waals surface area (Å²) < 4.78 is 0.834. The molecule has 9 heteroatoms. The van der Waals surface area contributed by atoms with Crippen LogP contribution in [0.15, 0.2) is 42.5 Å². The molecule has 0 aliphatic carbocycles. The minimum atomic E-state index is -1.24. The van der Waals surface area contributed by atoms with Gasteiger partial charge in [0.25, 0.3) is 11.8 Å². The number of fused-ring (bicyclic) bond motifs is 1. The standard InChI is InChI=1S/C22H18ClN3O4S.C2H6/c23-18-15-6-2-3-7-17(15)31-19(18)21(28)26-16-12-13(8-9-14(16)22(29)30)20(27)25-11-5-1-4-10-24;1-2/h2-3,6-9,12H,1,4-5,11H2,(H,25,27)(H,26,28)(H,29,30);1-2H3. The molecule has 0 spiro atoms. The summed E-state index contributed by atoms with van der Waals surface area (Å²) in [6, 6.07) is 13.3. The summed E-state index contributed by atoms with van der Waals surface area (Å²) >= 11 is 7.54. The molecule has 0 atom stereocenters. The van der Waals surface area contributed by atoms with Crippen LogP contribution in [-0.2, 0) is 0 Å². The lowest BCUT2D eigenvalue weighted by Gasteiger charge is -2.11. The van der Waals surface area contributed by atoms with E-state index in [9.17, 15) is 19.5 Å². The zero-order valence-corrected chi connectivity index (χ0v) is 19.8. The molecule has 2 amide bonds. The van der Waals surface area contributed by atoms with Gasteiger partial charge < -0.3 is 15.7 Å². The van der Waals surface area contributed by atoms with Crippen molar-refractivity contribution in [1.29, 1.82) is 5.26 Å². The van der Waals surface area contributed by atoms with Gasteiger partial charge in [-0.2, -0.15) is 5.26 Å². The topological polar surface area (TPSA) is 119 Å². The fourth-order valence-electron chi connectivity index (χ4n) is 2.95. The highest BCUT2D eigenvalue weighted by molar-refractivity contribution is 7.21. The third kappa shape index (κ3) is 6.54. The Labute approximate surface area is 201 Å². The van der Waals surface area contributed by atoms with Crippen LogP contribution in [0.25, 0.3) is 10.1 Å². The van der Waals surface area contributed by atoms with E-state index >= 15 is 0 Å². The number of amides is 2. The van der Waals surface area contributed by atoms with E-state index in [1.807, 2.05) is 38.1 Å². The van der Waals surface area contributed by atoms with Crippen LogP contribution in [0.4, 0.5) is 5.69 Å². The number of nitrogens with zero attached hydrogens (tertiary/aromatic N) is 1. The van der Waals surface area contributed by atoms with Crippen LogP contribution in [0, 0.1) is 11.3 Å². The van der Waals surface area contributed by atoms with Crippen molar-refractivity contribution in [3.63, 3.8) is 0 Å². The number of carboxylic acids is 1. The Morgan fingerprint density at radius 1 is 1.09 bits per heavy atom. The second-order valence-corrected chi connectivity index (χ2v) is 8.06. The molecule has 0 aliphatic heterocycles. The van der Waals surface area contributed by atoms with Gasteiger partial charge in [0, 0.05) is 28.6 Å². The molecule has 33 heavy (non-hydrogen) atoms. The first-order valence-electron chi connectivity index (χ1n) is 10.4. The fourth-order valence-corrected chi connectivity index (χ4v) is 4.36. The average Bonchev–Trinajstić information content (AvgIpc) is 3.16. The Hall–Kier alpha value is -3.41. The van der Waals surface area contributed by atoms with Crippen LogP contribution in [0.3, 0.4) is 0 Å². The van der Waals surface area contributed by atoms with Crippen molar-refractivity contribution in [3.8, 4) is 6.07 Å². The molecule has 7 nitrogen and oxygen atoms in total. The Morgan fingerprint density at radius 3 is 2.48 bits per heavy atom. The summed E-state index contributed by atoms with van der Waals surface area (Å²) in [5.41, 5.74) is 0.0716. The molecule has 2 aromatic carbocycles. The van der Waals surface area contributed by atoms with Crippen molar-refractivity contribution in [2.24, 2.45) is 0 Å². The number of carboxylic acid groups (broad SMARTS) is 1. The van der Waals surface area contributed by atoms with Gasteiger partial charge in [-0.25, -0.2) is 4.79 Å². The number of hydrogen-bond donors (Lipinski definition) is 3. The SMILES string of the molecule is CC.N#CCCCCNC(=O)c1ccc(C(=O)O)c(NC(=O)c2sc3ccccc3c2Cl)c1. The summed E-state index contributed by atoms with van der Waals surface area (Å²) in [6.07, 6.45) is 1.74. The third-order valence-electron chi connectivity index (χ3n) is 4.50. The number of thiophene rings is 1. The molecule has 3 aromatic rings. The van der Waals surface area contributed by atoms with Gasteiger partial charge >= 0.3 is 5.97 Å². The maximum Gasteiger partial charge on any atom is 0.337 e. The fraction of sp³-hybridized carbons (Fsp3) is 0.250. The van der Waals surface area contributed by atoms with Gasteiger partial charge in [0.05, 0.1) is 22.3 Å². The smallest absolute Gasteiger partial charge is 0.337 e. The van der Waals surface area contributed by atoms with Crippen LogP contribution in [0.5, 0.6) is 0 Å². The summed E-state index contributed by atoms with van der Waals surface area (Å²) in [6.45, 7) is 4.39. The number of benzene rings is 2. The predicted octanol–water partition coefficient (Wildman–Crippen LogP) is 5.96. The summed E-state index contributed by atoms with van der Waals surface area (Å²) in [7, 11) is 0. The number of rotatable bonds is 8. The van der Waals surface area contributed by atoms with Crippen molar-refractivity contribution >= 4 is 56.5 Å². The Morgan fingerprint density at radius 2 is 1.82 bits per heavy atom. The molecular weight excluding hydrogens is 462 g/mol. The highest BCUT2D eigenvalue weighted by Gasteiger charge is 2.20. The number of aromatic carboxylic acids is 1. The monoisotopic (exact) mass is 485 g/mol. The number of carbonyl (C=O) groups is 3. The Kier molecular flexibility index (Phi) is 9.85. The second-order valence-electron chi connectivity index (χ2n) is 6.63. The zero-order chi connectivity index (χ0) is 24.4. The Balaban J connectivity index is 0.00000187. The maximum atomic E-state index is 12.8. The molecule has 0 bridgehead atoms. The molecule has 0 radical (unpaired) electrons. The number of hydrogen-bond acceptors (Lipinski definition) is 5. The molecule has 0 fully saturated rings. The molecule has 1 heterocycles. The number of nitrogens with one attached hydrogen (secondary N) is 2. The minimum absolute atomic E-state index is 0.00292. The lowest BCUT2D eigenvalue weighted by atomic mass is 10.1. The molecule has 3 N–H and O–H groups in total.